The van der Waals surface area contributed by atoms with Gasteiger partial charge in [-0.05, 0) is 76.1 Å². The maximum atomic E-state index is 10.9. The van der Waals surface area contributed by atoms with Gasteiger partial charge in [-0.3, -0.25) is 0 Å². The van der Waals surface area contributed by atoms with Gasteiger partial charge in [-0.15, -0.1) is 19.2 Å². The standard InChI is InChI=1S/C24H39N5S.C4H7F.3C2H6/c1-7-8-16(2)13-22(25)28-23(30)27-21-11-9-19(10-12-21)18(4)26-15-20-14-17(3)29-24(20,5)6;1-2-3-4-5;3*1-2/h7,9-13,16-17,20,23,26-30H,1,4,8,14-15,25H2,2-3,5-6H3;2-3H,4H2,1H3;3*1-2H3/b22-13+;3-2-;;;. The first-order chi connectivity index (χ1) is 19.5. The summed E-state index contributed by atoms with van der Waals surface area (Å²) >= 11 is 4.53. The zero-order valence-electron chi connectivity index (χ0n) is 28.1. The molecule has 0 saturated carbocycles. The lowest BCUT2D eigenvalue weighted by molar-refractivity contribution is 0.330. The number of hydrogen-bond acceptors (Lipinski definition) is 6. The van der Waals surface area contributed by atoms with Crippen molar-refractivity contribution in [3.05, 3.63) is 73.1 Å². The number of nitrogens with two attached hydrogens (primary N) is 1. The van der Waals surface area contributed by atoms with Crippen LogP contribution in [0.2, 0.25) is 0 Å². The number of benzene rings is 1. The quantitative estimate of drug-likeness (QED) is 0.0830. The van der Waals surface area contributed by atoms with Crippen molar-refractivity contribution in [2.45, 2.75) is 106 Å². The number of thiol groups is 1. The number of allylic oxidation sites excluding steroid dienone is 4. The van der Waals surface area contributed by atoms with Crippen LogP contribution in [0.1, 0.15) is 94.6 Å². The van der Waals surface area contributed by atoms with E-state index in [0.717, 1.165) is 29.9 Å². The van der Waals surface area contributed by atoms with Crippen LogP contribution in [-0.4, -0.2) is 30.3 Å². The molecule has 1 aromatic rings. The van der Waals surface area contributed by atoms with E-state index in [-0.39, 0.29) is 17.7 Å². The molecular weight excluding hydrogens is 529 g/mol. The van der Waals surface area contributed by atoms with Crippen molar-refractivity contribution in [2.24, 2.45) is 17.6 Å². The maximum Gasteiger partial charge on any atom is 0.143 e. The topological polar surface area (TPSA) is 74.1 Å². The van der Waals surface area contributed by atoms with Gasteiger partial charge in [0.1, 0.15) is 12.2 Å². The summed E-state index contributed by atoms with van der Waals surface area (Å²) in [6.45, 7) is 31.2. The lowest BCUT2D eigenvalue weighted by Gasteiger charge is -2.28. The Morgan fingerprint density at radius 2 is 1.73 bits per heavy atom. The highest BCUT2D eigenvalue weighted by Crippen LogP contribution is 2.29. The first kappa shape index (κ1) is 43.1. The molecule has 1 heterocycles. The largest absolute Gasteiger partial charge is 0.386 e. The minimum absolute atomic E-state index is 0.148. The van der Waals surface area contributed by atoms with Crippen molar-refractivity contribution < 1.29 is 4.39 Å². The predicted octanol–water partition coefficient (Wildman–Crippen LogP) is 8.86. The lowest BCUT2D eigenvalue weighted by Crippen LogP contribution is -2.43. The Hall–Kier alpha value is -2.38. The van der Waals surface area contributed by atoms with E-state index >= 15 is 0 Å². The second-order valence-corrected chi connectivity index (χ2v) is 10.2. The van der Waals surface area contributed by atoms with Crippen LogP contribution in [0.4, 0.5) is 10.1 Å². The van der Waals surface area contributed by atoms with Gasteiger partial charge >= 0.3 is 0 Å². The average molecular weight is 594 g/mol. The van der Waals surface area contributed by atoms with Crippen molar-refractivity contribution in [1.29, 1.82) is 0 Å². The van der Waals surface area contributed by atoms with Gasteiger partial charge in [-0.25, -0.2) is 4.39 Å². The number of hydrogen-bond donors (Lipinski definition) is 6. The van der Waals surface area contributed by atoms with Crippen LogP contribution in [0.25, 0.3) is 5.70 Å². The summed E-state index contributed by atoms with van der Waals surface area (Å²) in [5.41, 5.74) is 8.88. The zero-order valence-corrected chi connectivity index (χ0v) is 29.0. The number of anilines is 1. The van der Waals surface area contributed by atoms with E-state index in [2.05, 4.69) is 86.9 Å². The van der Waals surface area contributed by atoms with Crippen LogP contribution in [0.3, 0.4) is 0 Å². The molecule has 4 unspecified atom stereocenters. The highest BCUT2D eigenvalue weighted by molar-refractivity contribution is 7.81. The highest BCUT2D eigenvalue weighted by Gasteiger charge is 2.37. The minimum atomic E-state index is -0.337. The van der Waals surface area contributed by atoms with Gasteiger partial charge in [0, 0.05) is 29.5 Å². The van der Waals surface area contributed by atoms with Gasteiger partial charge in [0.25, 0.3) is 0 Å². The van der Waals surface area contributed by atoms with Gasteiger partial charge in [0.2, 0.25) is 0 Å². The van der Waals surface area contributed by atoms with Gasteiger partial charge in [-0.2, -0.15) is 0 Å². The molecule has 1 aromatic carbocycles. The Morgan fingerprint density at radius 3 is 2.15 bits per heavy atom. The number of alkyl halides is 1. The first-order valence-corrected chi connectivity index (χ1v) is 15.8. The fraction of sp³-hybridized carbons (Fsp3) is 0.588. The highest BCUT2D eigenvalue weighted by atomic mass is 32.1. The molecule has 0 aliphatic carbocycles. The molecule has 0 aromatic heterocycles. The molecule has 0 spiro atoms. The van der Waals surface area contributed by atoms with Crippen LogP contribution in [-0.2, 0) is 0 Å². The molecule has 2 rings (SSSR count). The van der Waals surface area contributed by atoms with E-state index in [1.807, 2.05) is 65.8 Å². The van der Waals surface area contributed by atoms with Crippen molar-refractivity contribution in [3.63, 3.8) is 0 Å². The van der Waals surface area contributed by atoms with E-state index in [0.29, 0.717) is 23.7 Å². The Bertz CT molecular complexity index is 836. The van der Waals surface area contributed by atoms with Gasteiger partial charge < -0.3 is 27.0 Å². The number of nitrogens with one attached hydrogen (secondary N) is 4. The lowest BCUT2D eigenvalue weighted by atomic mass is 9.88. The molecule has 1 aliphatic heterocycles. The van der Waals surface area contributed by atoms with Gasteiger partial charge in [-0.1, -0.05) is 85.4 Å². The van der Waals surface area contributed by atoms with Crippen LogP contribution in [0.15, 0.2) is 67.5 Å². The summed E-state index contributed by atoms with van der Waals surface area (Å²) < 4.78 is 10.9. The molecule has 41 heavy (non-hydrogen) atoms. The minimum Gasteiger partial charge on any atom is -0.386 e. The molecule has 7 heteroatoms. The Morgan fingerprint density at radius 1 is 1.17 bits per heavy atom. The van der Waals surface area contributed by atoms with Gasteiger partial charge in [0.15, 0.2) is 0 Å². The van der Waals surface area contributed by atoms with E-state index in [1.165, 1.54) is 12.5 Å². The van der Waals surface area contributed by atoms with Crippen LogP contribution in [0, 0.1) is 11.8 Å². The maximum absolute atomic E-state index is 10.9. The molecule has 1 fully saturated rings. The molecule has 6 N–H and O–H groups in total. The second-order valence-electron chi connectivity index (χ2n) is 9.67. The Kier molecular flexibility index (Phi) is 27.9. The Labute approximate surface area is 259 Å². The van der Waals surface area contributed by atoms with Gasteiger partial charge in [0.05, 0.1) is 5.82 Å². The zero-order chi connectivity index (χ0) is 32.4. The third-order valence-electron chi connectivity index (χ3n) is 6.01. The summed E-state index contributed by atoms with van der Waals surface area (Å²) in [7, 11) is 0. The fourth-order valence-electron chi connectivity index (χ4n) is 4.11. The Balaban J connectivity index is -0.00000114. The monoisotopic (exact) mass is 593 g/mol. The van der Waals surface area contributed by atoms with E-state index in [9.17, 15) is 4.39 Å². The third kappa shape index (κ3) is 20.2. The summed E-state index contributed by atoms with van der Waals surface area (Å²) in [4.78, 5) is 0. The summed E-state index contributed by atoms with van der Waals surface area (Å²) in [5, 5.41) is 13.6. The van der Waals surface area contributed by atoms with Crippen LogP contribution >= 0.6 is 12.6 Å². The predicted molar refractivity (Wildman–Crippen MR) is 189 cm³/mol. The second kappa shape index (κ2) is 26.5. The van der Waals surface area contributed by atoms with Crippen molar-refractivity contribution in [1.82, 2.24) is 16.0 Å². The van der Waals surface area contributed by atoms with E-state index in [1.54, 1.807) is 13.0 Å². The SMILES string of the molecule is C/C=C\CF.C=CCC(C)/C=C(\N)NC(S)Nc1ccc(C(=C)NCC2CC(C)NC2(C)C)cc1.CC.CC.CC. The van der Waals surface area contributed by atoms with E-state index in [4.69, 9.17) is 5.73 Å². The third-order valence-corrected chi connectivity index (χ3v) is 6.26. The van der Waals surface area contributed by atoms with Crippen LogP contribution in [0.5, 0.6) is 0 Å². The molecule has 5 nitrogen and oxygen atoms in total. The molecule has 4 atom stereocenters. The fourth-order valence-corrected chi connectivity index (χ4v) is 4.41. The summed E-state index contributed by atoms with van der Waals surface area (Å²) in [6.07, 6.45) is 9.07. The molecule has 238 valence electrons. The van der Waals surface area contributed by atoms with Crippen molar-refractivity contribution in [3.8, 4) is 0 Å². The molecule has 0 amide bonds. The molecular formula is C34H64FN5S. The van der Waals surface area contributed by atoms with Crippen LogP contribution < -0.4 is 27.0 Å². The van der Waals surface area contributed by atoms with Crippen molar-refractivity contribution in [2.75, 3.05) is 18.5 Å². The normalized spacial score (nSPS) is 18.3. The number of rotatable bonds is 12. The van der Waals surface area contributed by atoms with Crippen molar-refractivity contribution >= 4 is 24.0 Å². The summed E-state index contributed by atoms with van der Waals surface area (Å²) in [6, 6.07) is 8.73. The smallest absolute Gasteiger partial charge is 0.143 e. The molecule has 1 saturated heterocycles. The molecule has 0 bridgehead atoms. The summed E-state index contributed by atoms with van der Waals surface area (Å²) in [5.74, 6) is 1.51. The molecule has 0 radical (unpaired) electrons. The van der Waals surface area contributed by atoms with E-state index < -0.39 is 0 Å². The number of halogens is 1. The molecule has 1 aliphatic rings. The average Bonchev–Trinajstić information content (AvgIpc) is 3.22. The first-order valence-electron chi connectivity index (χ1n) is 15.3.